The standard InChI is InChI=1S/C14H20NO2S2/c1-6-17-13(16)12(14(18-4)19-5)15-8-7-10(2)9-11(15)3/h7-9H,6H2,1-5H3/q+1. The van der Waals surface area contributed by atoms with Crippen molar-refractivity contribution < 1.29 is 14.1 Å². The van der Waals surface area contributed by atoms with Crippen molar-refractivity contribution in [2.75, 3.05) is 19.1 Å². The molecule has 1 rings (SSSR count). The summed E-state index contributed by atoms with van der Waals surface area (Å²) in [6.07, 6.45) is 5.85. The van der Waals surface area contributed by atoms with Crippen LogP contribution in [0.25, 0.3) is 5.70 Å². The number of ether oxygens (including phenoxy) is 1. The van der Waals surface area contributed by atoms with Crippen LogP contribution in [-0.4, -0.2) is 25.1 Å². The van der Waals surface area contributed by atoms with Crippen molar-refractivity contribution in [3.8, 4) is 0 Å². The Morgan fingerprint density at radius 1 is 1.32 bits per heavy atom. The fourth-order valence-electron chi connectivity index (χ4n) is 1.76. The highest BCUT2D eigenvalue weighted by Gasteiger charge is 2.28. The van der Waals surface area contributed by atoms with Gasteiger partial charge in [0, 0.05) is 19.1 Å². The minimum absolute atomic E-state index is 0.279. The summed E-state index contributed by atoms with van der Waals surface area (Å²) in [4.78, 5) is 12.2. The van der Waals surface area contributed by atoms with E-state index in [0.717, 1.165) is 9.93 Å². The average molecular weight is 298 g/mol. The van der Waals surface area contributed by atoms with Gasteiger partial charge >= 0.3 is 11.7 Å². The van der Waals surface area contributed by atoms with Crippen molar-refractivity contribution in [1.82, 2.24) is 0 Å². The summed E-state index contributed by atoms with van der Waals surface area (Å²) in [6, 6.07) is 4.04. The van der Waals surface area contributed by atoms with E-state index in [-0.39, 0.29) is 5.97 Å². The number of thioether (sulfide) groups is 2. The molecular formula is C14H20NO2S2+. The maximum atomic E-state index is 12.2. The molecule has 1 aromatic heterocycles. The summed E-state index contributed by atoms with van der Waals surface area (Å²) < 4.78 is 8.03. The molecule has 104 valence electrons. The Morgan fingerprint density at radius 3 is 2.42 bits per heavy atom. The molecule has 19 heavy (non-hydrogen) atoms. The summed E-state index contributed by atoms with van der Waals surface area (Å²) in [7, 11) is 0. The molecule has 0 aliphatic rings. The van der Waals surface area contributed by atoms with E-state index in [4.69, 9.17) is 4.74 Å². The van der Waals surface area contributed by atoms with Crippen LogP contribution >= 0.6 is 23.5 Å². The van der Waals surface area contributed by atoms with Crippen molar-refractivity contribution in [2.24, 2.45) is 0 Å². The van der Waals surface area contributed by atoms with Gasteiger partial charge in [0.2, 0.25) is 0 Å². The summed E-state index contributed by atoms with van der Waals surface area (Å²) >= 11 is 3.12. The molecule has 0 aliphatic heterocycles. The zero-order valence-electron chi connectivity index (χ0n) is 12.0. The van der Waals surface area contributed by atoms with Gasteiger partial charge in [-0.2, -0.15) is 4.57 Å². The molecule has 0 amide bonds. The lowest BCUT2D eigenvalue weighted by molar-refractivity contribution is -0.585. The largest absolute Gasteiger partial charge is 0.458 e. The third kappa shape index (κ3) is 4.01. The molecule has 0 atom stereocenters. The minimum Gasteiger partial charge on any atom is -0.458 e. The smallest absolute Gasteiger partial charge is 0.405 e. The molecule has 0 spiro atoms. The predicted molar refractivity (Wildman–Crippen MR) is 83.0 cm³/mol. The Bertz CT molecular complexity index is 492. The van der Waals surface area contributed by atoms with E-state index < -0.39 is 0 Å². The van der Waals surface area contributed by atoms with Crippen LogP contribution in [0.1, 0.15) is 18.2 Å². The first-order chi connectivity index (χ1) is 9.04. The second kappa shape index (κ2) is 7.60. The predicted octanol–water partition coefficient (Wildman–Crippen LogP) is 3.01. The summed E-state index contributed by atoms with van der Waals surface area (Å²) in [5.74, 6) is -0.279. The fraction of sp³-hybridized carbons (Fsp3) is 0.429. The molecule has 0 aliphatic carbocycles. The monoisotopic (exact) mass is 298 g/mol. The van der Waals surface area contributed by atoms with Crippen LogP contribution in [-0.2, 0) is 9.53 Å². The second-order valence-corrected chi connectivity index (χ2v) is 5.87. The van der Waals surface area contributed by atoms with Gasteiger partial charge in [0.05, 0.1) is 6.61 Å². The molecule has 0 N–H and O–H groups in total. The molecule has 0 unspecified atom stereocenters. The normalized spacial score (nSPS) is 10.2. The number of hydrogen-bond acceptors (Lipinski definition) is 4. The van der Waals surface area contributed by atoms with Crippen molar-refractivity contribution in [2.45, 2.75) is 20.8 Å². The topological polar surface area (TPSA) is 30.2 Å². The highest BCUT2D eigenvalue weighted by Crippen LogP contribution is 2.28. The number of rotatable bonds is 5. The number of nitrogens with zero attached hydrogens (tertiary/aromatic N) is 1. The number of hydrogen-bond donors (Lipinski definition) is 0. The first kappa shape index (κ1) is 16.1. The molecule has 0 fully saturated rings. The van der Waals surface area contributed by atoms with Gasteiger partial charge in [0.15, 0.2) is 11.9 Å². The van der Waals surface area contributed by atoms with Crippen molar-refractivity contribution in [3.05, 3.63) is 33.8 Å². The third-order valence-corrected chi connectivity index (χ3v) is 4.71. The fourth-order valence-corrected chi connectivity index (χ4v) is 3.18. The van der Waals surface area contributed by atoms with Gasteiger partial charge in [0.1, 0.15) is 4.24 Å². The van der Waals surface area contributed by atoms with Crippen molar-refractivity contribution >= 4 is 35.2 Å². The lowest BCUT2D eigenvalue weighted by Gasteiger charge is -2.08. The first-order valence-electron chi connectivity index (χ1n) is 6.03. The molecule has 0 saturated carbocycles. The highest BCUT2D eigenvalue weighted by molar-refractivity contribution is 8.21. The van der Waals surface area contributed by atoms with Gasteiger partial charge in [-0.05, 0) is 31.9 Å². The number of carbonyl (C=O) groups excluding carboxylic acids is 1. The van der Waals surface area contributed by atoms with Crippen molar-refractivity contribution in [1.29, 1.82) is 0 Å². The quantitative estimate of drug-likeness (QED) is 0.475. The first-order valence-corrected chi connectivity index (χ1v) is 8.48. The Kier molecular flexibility index (Phi) is 6.45. The molecule has 0 bridgehead atoms. The average Bonchev–Trinajstić information content (AvgIpc) is 2.37. The number of carbonyl (C=O) groups is 1. The zero-order valence-corrected chi connectivity index (χ0v) is 13.7. The van der Waals surface area contributed by atoms with E-state index >= 15 is 0 Å². The zero-order chi connectivity index (χ0) is 14.4. The van der Waals surface area contributed by atoms with Crippen LogP contribution in [0.4, 0.5) is 0 Å². The minimum atomic E-state index is -0.279. The summed E-state index contributed by atoms with van der Waals surface area (Å²) in [6.45, 7) is 6.23. The lowest BCUT2D eigenvalue weighted by Crippen LogP contribution is -2.40. The van der Waals surface area contributed by atoms with E-state index in [9.17, 15) is 4.79 Å². The number of aryl methyl sites for hydroxylation is 2. The van der Waals surface area contributed by atoms with E-state index in [1.165, 1.54) is 5.56 Å². The van der Waals surface area contributed by atoms with Gasteiger partial charge in [-0.25, -0.2) is 4.79 Å². The van der Waals surface area contributed by atoms with Crippen LogP contribution in [0.2, 0.25) is 0 Å². The second-order valence-electron chi connectivity index (χ2n) is 3.98. The number of esters is 1. The van der Waals surface area contributed by atoms with E-state index in [1.807, 2.05) is 50.1 Å². The number of aromatic nitrogens is 1. The third-order valence-electron chi connectivity index (χ3n) is 2.58. The van der Waals surface area contributed by atoms with Gasteiger partial charge in [0.25, 0.3) is 0 Å². The molecule has 3 nitrogen and oxygen atoms in total. The van der Waals surface area contributed by atoms with Crippen LogP contribution in [0.5, 0.6) is 0 Å². The molecule has 0 radical (unpaired) electrons. The van der Waals surface area contributed by atoms with Crippen molar-refractivity contribution in [3.63, 3.8) is 0 Å². The molecule has 1 heterocycles. The Balaban J connectivity index is 3.39. The van der Waals surface area contributed by atoms with Gasteiger partial charge in [-0.3, -0.25) is 0 Å². The molecule has 5 heteroatoms. The Hall–Kier alpha value is -0.940. The molecular weight excluding hydrogens is 278 g/mol. The maximum Gasteiger partial charge on any atom is 0.405 e. The lowest BCUT2D eigenvalue weighted by atomic mass is 10.2. The Morgan fingerprint density at radius 2 is 1.95 bits per heavy atom. The summed E-state index contributed by atoms with van der Waals surface area (Å²) in [5.41, 5.74) is 2.79. The van der Waals surface area contributed by atoms with Crippen LogP contribution in [0, 0.1) is 13.8 Å². The van der Waals surface area contributed by atoms with Gasteiger partial charge in [-0.1, -0.05) is 0 Å². The summed E-state index contributed by atoms with van der Waals surface area (Å²) in [5, 5.41) is 0. The van der Waals surface area contributed by atoms with Crippen LogP contribution in [0.15, 0.2) is 22.6 Å². The SMILES string of the molecule is CCOC(=O)C(=C(SC)SC)[n+]1ccc(C)cc1C. The van der Waals surface area contributed by atoms with Crippen LogP contribution < -0.4 is 4.57 Å². The number of pyridine rings is 1. The van der Waals surface area contributed by atoms with Gasteiger partial charge < -0.3 is 4.74 Å². The Labute approximate surface area is 123 Å². The van der Waals surface area contributed by atoms with E-state index in [0.29, 0.717) is 12.3 Å². The highest BCUT2D eigenvalue weighted by atomic mass is 32.2. The van der Waals surface area contributed by atoms with Gasteiger partial charge in [-0.15, -0.1) is 23.5 Å². The van der Waals surface area contributed by atoms with Crippen LogP contribution in [0.3, 0.4) is 0 Å². The van der Waals surface area contributed by atoms with E-state index in [2.05, 4.69) is 6.07 Å². The molecule has 0 saturated heterocycles. The molecule has 0 aromatic carbocycles. The van der Waals surface area contributed by atoms with E-state index in [1.54, 1.807) is 23.5 Å². The molecule has 1 aromatic rings. The maximum absolute atomic E-state index is 12.2.